The maximum atomic E-state index is 4.10. The summed E-state index contributed by atoms with van der Waals surface area (Å²) in [5, 5.41) is 8.81. The summed E-state index contributed by atoms with van der Waals surface area (Å²) in [5.41, 5.74) is 1.10. The summed E-state index contributed by atoms with van der Waals surface area (Å²) < 4.78 is 1.25. The number of thiophene rings is 1. The Kier molecular flexibility index (Phi) is 1.93. The summed E-state index contributed by atoms with van der Waals surface area (Å²) in [5.74, 6) is 0. The summed E-state index contributed by atoms with van der Waals surface area (Å²) in [6.07, 6.45) is 7.17. The first kappa shape index (κ1) is 8.49. The molecule has 0 radical (unpaired) electrons. The minimum Gasteiger partial charge on any atom is -0.264 e. The van der Waals surface area contributed by atoms with Crippen LogP contribution in [0.15, 0.2) is 43.0 Å². The van der Waals surface area contributed by atoms with Crippen LogP contribution in [0.5, 0.6) is 0 Å². The van der Waals surface area contributed by atoms with Gasteiger partial charge in [-0.3, -0.25) is 4.98 Å². The van der Waals surface area contributed by atoms with E-state index in [1.807, 2.05) is 24.5 Å². The van der Waals surface area contributed by atoms with E-state index in [1.165, 1.54) is 15.0 Å². The molecule has 0 aliphatic carbocycles. The third-order valence-electron chi connectivity index (χ3n) is 2.19. The van der Waals surface area contributed by atoms with E-state index in [-0.39, 0.29) is 0 Å². The van der Waals surface area contributed by atoms with Crippen molar-refractivity contribution in [3.05, 3.63) is 43.0 Å². The molecule has 72 valence electrons. The molecule has 0 aromatic carbocycles. The Labute approximate surface area is 90.4 Å². The van der Waals surface area contributed by atoms with Crippen LogP contribution >= 0.6 is 11.3 Å². The molecule has 0 saturated heterocycles. The Morgan fingerprint density at radius 1 is 1.00 bits per heavy atom. The topological polar surface area (TPSA) is 38.7 Å². The third kappa shape index (κ3) is 1.49. The van der Waals surface area contributed by atoms with Gasteiger partial charge in [-0.05, 0) is 18.2 Å². The molecule has 0 N–H and O–H groups in total. The van der Waals surface area contributed by atoms with Gasteiger partial charge in [0.25, 0.3) is 0 Å². The van der Waals surface area contributed by atoms with Crippen molar-refractivity contribution in [1.82, 2.24) is 15.2 Å². The van der Waals surface area contributed by atoms with Crippen LogP contribution in [-0.4, -0.2) is 15.2 Å². The lowest BCUT2D eigenvalue weighted by Gasteiger charge is -1.91. The van der Waals surface area contributed by atoms with E-state index in [9.17, 15) is 0 Å². The lowest BCUT2D eigenvalue weighted by molar-refractivity contribution is 1.03. The highest BCUT2D eigenvalue weighted by Crippen LogP contribution is 2.31. The molecule has 0 fully saturated rings. The van der Waals surface area contributed by atoms with Crippen molar-refractivity contribution in [2.45, 2.75) is 0 Å². The van der Waals surface area contributed by atoms with Crippen LogP contribution in [0.25, 0.3) is 20.5 Å². The lowest BCUT2D eigenvalue weighted by Crippen LogP contribution is -1.78. The van der Waals surface area contributed by atoms with E-state index in [0.29, 0.717) is 0 Å². The van der Waals surface area contributed by atoms with Crippen molar-refractivity contribution in [3.8, 4) is 10.4 Å². The molecule has 3 heterocycles. The van der Waals surface area contributed by atoms with Crippen LogP contribution < -0.4 is 0 Å². The highest BCUT2D eigenvalue weighted by molar-refractivity contribution is 7.22. The van der Waals surface area contributed by atoms with Crippen LogP contribution in [0.2, 0.25) is 0 Å². The molecule has 3 rings (SSSR count). The molecule has 0 bridgehead atoms. The van der Waals surface area contributed by atoms with Crippen LogP contribution in [0, 0.1) is 0 Å². The van der Waals surface area contributed by atoms with Crippen molar-refractivity contribution in [2.75, 3.05) is 0 Å². The van der Waals surface area contributed by atoms with Crippen LogP contribution in [0.4, 0.5) is 0 Å². The van der Waals surface area contributed by atoms with E-state index >= 15 is 0 Å². The zero-order valence-corrected chi connectivity index (χ0v) is 8.61. The minimum atomic E-state index is 1.10. The van der Waals surface area contributed by atoms with Crippen molar-refractivity contribution >= 4 is 21.4 Å². The predicted molar refractivity (Wildman–Crippen MR) is 60.6 cm³/mol. The number of hydrogen-bond acceptors (Lipinski definition) is 4. The maximum absolute atomic E-state index is 4.10. The minimum absolute atomic E-state index is 1.10. The normalized spacial score (nSPS) is 10.7. The number of fused-ring (bicyclic) bond motifs is 1. The zero-order chi connectivity index (χ0) is 10.1. The summed E-state index contributed by atoms with van der Waals surface area (Å²) in [4.78, 5) is 5.30. The van der Waals surface area contributed by atoms with Gasteiger partial charge < -0.3 is 0 Å². The van der Waals surface area contributed by atoms with Gasteiger partial charge in [0.2, 0.25) is 0 Å². The molecule has 15 heavy (non-hydrogen) atoms. The number of pyridine rings is 1. The molecular weight excluding hydrogens is 206 g/mol. The predicted octanol–water partition coefficient (Wildman–Crippen LogP) is 2.75. The quantitative estimate of drug-likeness (QED) is 0.624. The van der Waals surface area contributed by atoms with Crippen molar-refractivity contribution < 1.29 is 0 Å². The molecule has 0 unspecified atom stereocenters. The highest BCUT2D eigenvalue weighted by atomic mass is 32.1. The second-order valence-corrected chi connectivity index (χ2v) is 4.24. The fourth-order valence-electron chi connectivity index (χ4n) is 1.46. The van der Waals surface area contributed by atoms with Gasteiger partial charge in [-0.15, -0.1) is 11.3 Å². The van der Waals surface area contributed by atoms with Gasteiger partial charge in [0, 0.05) is 32.9 Å². The molecule has 0 saturated carbocycles. The summed E-state index contributed by atoms with van der Waals surface area (Å²) in [6, 6.07) is 6.12. The number of nitrogens with zero attached hydrogens (tertiary/aromatic N) is 3. The molecular formula is C11H7N3S. The second-order valence-electron chi connectivity index (χ2n) is 3.16. The van der Waals surface area contributed by atoms with Gasteiger partial charge in [-0.1, -0.05) is 0 Å². The molecule has 0 aliphatic rings. The fraction of sp³-hybridized carbons (Fsp3) is 0. The molecule has 3 nitrogen and oxygen atoms in total. The molecule has 3 aromatic rings. The monoisotopic (exact) mass is 213 g/mol. The Balaban J connectivity index is 2.21. The van der Waals surface area contributed by atoms with Crippen molar-refractivity contribution in [3.63, 3.8) is 0 Å². The van der Waals surface area contributed by atoms with Gasteiger partial charge in [-0.25, -0.2) is 0 Å². The average molecular weight is 213 g/mol. The zero-order valence-electron chi connectivity index (χ0n) is 7.79. The van der Waals surface area contributed by atoms with Crippen molar-refractivity contribution in [2.24, 2.45) is 0 Å². The number of hydrogen-bond donors (Lipinski definition) is 0. The molecule has 0 spiro atoms. The Morgan fingerprint density at radius 2 is 2.00 bits per heavy atom. The maximum Gasteiger partial charge on any atom is 0.0582 e. The number of rotatable bonds is 1. The smallest absolute Gasteiger partial charge is 0.0582 e. The molecule has 4 heteroatoms. The SMILES string of the molecule is c1cc2sc(-c3ccnnc3)cc2cn1. The first-order valence-electron chi connectivity index (χ1n) is 4.54. The Morgan fingerprint density at radius 3 is 2.80 bits per heavy atom. The van der Waals surface area contributed by atoms with Crippen LogP contribution in [0.1, 0.15) is 0 Å². The Bertz CT molecular complexity index is 556. The first-order valence-corrected chi connectivity index (χ1v) is 5.36. The van der Waals surface area contributed by atoms with Gasteiger partial charge in [0.1, 0.15) is 0 Å². The van der Waals surface area contributed by atoms with Crippen LogP contribution in [0.3, 0.4) is 0 Å². The fourth-order valence-corrected chi connectivity index (χ4v) is 2.48. The summed E-state index contributed by atoms with van der Waals surface area (Å²) in [6.45, 7) is 0. The van der Waals surface area contributed by atoms with Crippen molar-refractivity contribution in [1.29, 1.82) is 0 Å². The van der Waals surface area contributed by atoms with Gasteiger partial charge in [0.05, 0.1) is 12.4 Å². The molecule has 0 aliphatic heterocycles. The second kappa shape index (κ2) is 3.40. The standard InChI is InChI=1S/C11H7N3S/c1-4-13-14-7-8(1)11-5-9-6-12-3-2-10(9)15-11/h1-7H. The van der Waals surface area contributed by atoms with E-state index in [2.05, 4.69) is 21.2 Å². The van der Waals surface area contributed by atoms with Gasteiger partial charge in [0.15, 0.2) is 0 Å². The highest BCUT2D eigenvalue weighted by Gasteiger charge is 2.03. The van der Waals surface area contributed by atoms with E-state index in [1.54, 1.807) is 23.7 Å². The Hall–Kier alpha value is -1.81. The van der Waals surface area contributed by atoms with E-state index in [0.717, 1.165) is 5.56 Å². The van der Waals surface area contributed by atoms with E-state index in [4.69, 9.17) is 0 Å². The number of aromatic nitrogens is 3. The van der Waals surface area contributed by atoms with Gasteiger partial charge in [-0.2, -0.15) is 10.2 Å². The summed E-state index contributed by atoms with van der Waals surface area (Å²) >= 11 is 1.74. The third-order valence-corrected chi connectivity index (χ3v) is 3.35. The van der Waals surface area contributed by atoms with E-state index < -0.39 is 0 Å². The summed E-state index contributed by atoms with van der Waals surface area (Å²) in [7, 11) is 0. The molecule has 0 atom stereocenters. The first-order chi connectivity index (χ1) is 7.43. The largest absolute Gasteiger partial charge is 0.264 e. The molecule has 0 amide bonds. The lowest BCUT2D eigenvalue weighted by atomic mass is 10.2. The molecule has 3 aromatic heterocycles. The average Bonchev–Trinajstić information content (AvgIpc) is 2.74. The van der Waals surface area contributed by atoms with Crippen LogP contribution in [-0.2, 0) is 0 Å². The van der Waals surface area contributed by atoms with Gasteiger partial charge >= 0.3 is 0 Å².